The van der Waals surface area contributed by atoms with Gasteiger partial charge in [-0.15, -0.1) is 0 Å². The van der Waals surface area contributed by atoms with Gasteiger partial charge in [-0.1, -0.05) is 44.5 Å². The molecule has 0 saturated carbocycles. The van der Waals surface area contributed by atoms with Crippen molar-refractivity contribution in [1.82, 2.24) is 5.32 Å². The van der Waals surface area contributed by atoms with Gasteiger partial charge in [0.2, 0.25) is 0 Å². The molecule has 0 aliphatic heterocycles. The first-order valence-corrected chi connectivity index (χ1v) is 7.09. The molecule has 2 atom stereocenters. The molecule has 0 heterocycles. The van der Waals surface area contributed by atoms with Crippen molar-refractivity contribution in [3.8, 4) is 0 Å². The normalized spacial score (nSPS) is 14.6. The summed E-state index contributed by atoms with van der Waals surface area (Å²) in [6.07, 6.45) is 3.52. The van der Waals surface area contributed by atoms with Crippen LogP contribution in [0.3, 0.4) is 0 Å². The lowest BCUT2D eigenvalue weighted by atomic mass is 9.87. The predicted molar refractivity (Wildman–Crippen MR) is 76.9 cm³/mol. The van der Waals surface area contributed by atoms with Crippen LogP contribution in [0.4, 0.5) is 0 Å². The molecule has 17 heavy (non-hydrogen) atoms. The maximum absolute atomic E-state index is 5.94. The van der Waals surface area contributed by atoms with E-state index in [1.54, 1.807) is 0 Å². The SMILES string of the molecule is CCCNC(CC)C(CC)c1ccc(Cl)cc1. The second-order valence-electron chi connectivity index (χ2n) is 4.54. The van der Waals surface area contributed by atoms with Crippen LogP contribution in [0.1, 0.15) is 51.5 Å². The lowest BCUT2D eigenvalue weighted by Gasteiger charge is -2.27. The smallest absolute Gasteiger partial charge is 0.0406 e. The topological polar surface area (TPSA) is 12.0 Å². The van der Waals surface area contributed by atoms with Gasteiger partial charge in [-0.25, -0.2) is 0 Å². The standard InChI is InChI=1S/C15H24ClN/c1-4-11-17-15(6-3)14(5-2)12-7-9-13(16)10-8-12/h7-10,14-15,17H,4-6,11H2,1-3H3. The molecule has 0 radical (unpaired) electrons. The van der Waals surface area contributed by atoms with E-state index in [0.717, 1.165) is 18.0 Å². The minimum absolute atomic E-state index is 0.570. The lowest BCUT2D eigenvalue weighted by molar-refractivity contribution is 0.411. The molecule has 96 valence electrons. The Hall–Kier alpha value is -0.530. The quantitative estimate of drug-likeness (QED) is 0.748. The maximum Gasteiger partial charge on any atom is 0.0406 e. The van der Waals surface area contributed by atoms with Crippen molar-refractivity contribution in [2.75, 3.05) is 6.54 Å². The van der Waals surface area contributed by atoms with Crippen LogP contribution in [0.5, 0.6) is 0 Å². The molecule has 1 N–H and O–H groups in total. The van der Waals surface area contributed by atoms with Crippen molar-refractivity contribution >= 4 is 11.6 Å². The van der Waals surface area contributed by atoms with Crippen LogP contribution in [0.25, 0.3) is 0 Å². The molecule has 0 spiro atoms. The molecule has 0 bridgehead atoms. The summed E-state index contributed by atoms with van der Waals surface area (Å²) in [7, 11) is 0. The Kier molecular flexibility index (Phi) is 6.61. The van der Waals surface area contributed by atoms with E-state index >= 15 is 0 Å². The van der Waals surface area contributed by atoms with Gasteiger partial charge in [0, 0.05) is 11.1 Å². The van der Waals surface area contributed by atoms with Gasteiger partial charge in [0.15, 0.2) is 0 Å². The summed E-state index contributed by atoms with van der Waals surface area (Å²) in [6, 6.07) is 8.87. The molecule has 0 amide bonds. The van der Waals surface area contributed by atoms with Crippen molar-refractivity contribution in [2.45, 2.75) is 52.0 Å². The van der Waals surface area contributed by atoms with Crippen molar-refractivity contribution in [2.24, 2.45) is 0 Å². The lowest BCUT2D eigenvalue weighted by Crippen LogP contribution is -2.34. The van der Waals surface area contributed by atoms with Gasteiger partial charge in [-0.3, -0.25) is 0 Å². The first-order valence-electron chi connectivity index (χ1n) is 6.71. The summed E-state index contributed by atoms with van der Waals surface area (Å²) in [5.41, 5.74) is 1.40. The first kappa shape index (κ1) is 14.5. The van der Waals surface area contributed by atoms with Gasteiger partial charge < -0.3 is 5.32 Å². The van der Waals surface area contributed by atoms with E-state index in [0.29, 0.717) is 12.0 Å². The molecule has 2 heteroatoms. The van der Waals surface area contributed by atoms with Gasteiger partial charge in [-0.2, -0.15) is 0 Å². The van der Waals surface area contributed by atoms with Crippen molar-refractivity contribution in [3.63, 3.8) is 0 Å². The summed E-state index contributed by atoms with van der Waals surface area (Å²) in [6.45, 7) is 7.83. The van der Waals surface area contributed by atoms with E-state index < -0.39 is 0 Å². The Bertz CT molecular complexity index is 307. The Morgan fingerprint density at radius 3 is 2.18 bits per heavy atom. The average molecular weight is 254 g/mol. The molecule has 0 saturated heterocycles. The zero-order valence-corrected chi connectivity index (χ0v) is 11.9. The Morgan fingerprint density at radius 1 is 1.06 bits per heavy atom. The van der Waals surface area contributed by atoms with Crippen LogP contribution >= 0.6 is 11.6 Å². The summed E-state index contributed by atoms with van der Waals surface area (Å²) < 4.78 is 0. The maximum atomic E-state index is 5.94. The van der Waals surface area contributed by atoms with Crippen molar-refractivity contribution in [1.29, 1.82) is 0 Å². The zero-order chi connectivity index (χ0) is 12.7. The molecule has 0 aliphatic carbocycles. The third kappa shape index (κ3) is 4.33. The first-order chi connectivity index (χ1) is 8.22. The fraction of sp³-hybridized carbons (Fsp3) is 0.600. The van der Waals surface area contributed by atoms with E-state index in [9.17, 15) is 0 Å². The largest absolute Gasteiger partial charge is 0.313 e. The molecule has 0 aliphatic rings. The summed E-state index contributed by atoms with van der Waals surface area (Å²) in [4.78, 5) is 0. The minimum atomic E-state index is 0.570. The summed E-state index contributed by atoms with van der Waals surface area (Å²) in [5.74, 6) is 0.587. The van der Waals surface area contributed by atoms with Gasteiger partial charge in [0.1, 0.15) is 0 Å². The molecule has 1 aromatic rings. The highest BCUT2D eigenvalue weighted by atomic mass is 35.5. The monoisotopic (exact) mass is 253 g/mol. The second kappa shape index (κ2) is 7.73. The van der Waals surface area contributed by atoms with Crippen molar-refractivity contribution in [3.05, 3.63) is 34.9 Å². The fourth-order valence-electron chi connectivity index (χ4n) is 2.36. The van der Waals surface area contributed by atoms with E-state index in [1.807, 2.05) is 12.1 Å². The number of halogens is 1. The van der Waals surface area contributed by atoms with Crippen LogP contribution < -0.4 is 5.32 Å². The summed E-state index contributed by atoms with van der Waals surface area (Å²) >= 11 is 5.94. The van der Waals surface area contributed by atoms with E-state index in [1.165, 1.54) is 18.4 Å². The highest BCUT2D eigenvalue weighted by Gasteiger charge is 2.19. The van der Waals surface area contributed by atoms with Crippen LogP contribution in [0, 0.1) is 0 Å². The molecule has 0 aromatic heterocycles. The molecule has 1 nitrogen and oxygen atoms in total. The molecule has 2 unspecified atom stereocenters. The Labute approximate surface area is 111 Å². The number of rotatable bonds is 7. The predicted octanol–water partition coefficient (Wildman–Crippen LogP) is 4.61. The van der Waals surface area contributed by atoms with E-state index in [2.05, 4.69) is 38.2 Å². The molecule has 0 fully saturated rings. The van der Waals surface area contributed by atoms with Crippen LogP contribution in [-0.4, -0.2) is 12.6 Å². The third-order valence-corrected chi connectivity index (χ3v) is 3.57. The fourth-order valence-corrected chi connectivity index (χ4v) is 2.49. The van der Waals surface area contributed by atoms with Crippen LogP contribution in [0.15, 0.2) is 24.3 Å². The zero-order valence-electron chi connectivity index (χ0n) is 11.2. The van der Waals surface area contributed by atoms with Gasteiger partial charge in [0.05, 0.1) is 0 Å². The molecule has 1 aromatic carbocycles. The Morgan fingerprint density at radius 2 is 1.71 bits per heavy atom. The van der Waals surface area contributed by atoms with Crippen LogP contribution in [0.2, 0.25) is 5.02 Å². The summed E-state index contributed by atoms with van der Waals surface area (Å²) in [5, 5.41) is 4.47. The second-order valence-corrected chi connectivity index (χ2v) is 4.97. The molecular weight excluding hydrogens is 230 g/mol. The number of nitrogens with one attached hydrogen (secondary N) is 1. The highest BCUT2D eigenvalue weighted by Crippen LogP contribution is 2.26. The van der Waals surface area contributed by atoms with E-state index in [4.69, 9.17) is 11.6 Å². The third-order valence-electron chi connectivity index (χ3n) is 3.32. The number of benzene rings is 1. The van der Waals surface area contributed by atoms with Gasteiger partial charge >= 0.3 is 0 Å². The van der Waals surface area contributed by atoms with Gasteiger partial charge in [0.25, 0.3) is 0 Å². The average Bonchev–Trinajstić information content (AvgIpc) is 2.36. The van der Waals surface area contributed by atoms with E-state index in [-0.39, 0.29) is 0 Å². The number of hydrogen-bond acceptors (Lipinski definition) is 1. The minimum Gasteiger partial charge on any atom is -0.313 e. The highest BCUT2D eigenvalue weighted by molar-refractivity contribution is 6.30. The van der Waals surface area contributed by atoms with Crippen molar-refractivity contribution < 1.29 is 0 Å². The Balaban J connectivity index is 2.77. The number of hydrogen-bond donors (Lipinski definition) is 1. The molecular formula is C15H24ClN. The van der Waals surface area contributed by atoms with Gasteiger partial charge in [-0.05, 0) is 49.4 Å². The van der Waals surface area contributed by atoms with Crippen LogP contribution in [-0.2, 0) is 0 Å². The molecule has 1 rings (SSSR count).